The van der Waals surface area contributed by atoms with Crippen LogP contribution in [0, 0.1) is 0 Å². The molecule has 2 atom stereocenters. The van der Waals surface area contributed by atoms with Crippen LogP contribution in [-0.4, -0.2) is 34.0 Å². The molecule has 1 aromatic heterocycles. The van der Waals surface area contributed by atoms with Crippen molar-refractivity contribution in [1.82, 2.24) is 9.55 Å². The smallest absolute Gasteiger partial charge is 0.100 e. The fraction of sp³-hybridized carbons (Fsp3) is 0.571. The van der Waals surface area contributed by atoms with Gasteiger partial charge in [0.2, 0.25) is 0 Å². The van der Waals surface area contributed by atoms with E-state index in [4.69, 9.17) is 4.74 Å². The van der Waals surface area contributed by atoms with Crippen LogP contribution in [-0.2, 0) is 4.74 Å². The maximum absolute atomic E-state index is 9.39. The number of aromatic nitrogens is 2. The summed E-state index contributed by atoms with van der Waals surface area (Å²) < 4.78 is 6.97. The molecule has 2 heterocycles. The Hall–Kier alpha value is -0.870. The van der Waals surface area contributed by atoms with E-state index in [1.54, 1.807) is 12.5 Å². The van der Waals surface area contributed by atoms with Crippen molar-refractivity contribution in [3.63, 3.8) is 0 Å². The van der Waals surface area contributed by atoms with Gasteiger partial charge in [0.15, 0.2) is 0 Å². The molecule has 1 fully saturated rings. The number of aliphatic hydroxyl groups is 1. The second-order valence-corrected chi connectivity index (χ2v) is 2.68. The maximum Gasteiger partial charge on any atom is 0.100 e. The van der Waals surface area contributed by atoms with E-state index in [-0.39, 0.29) is 12.1 Å². The monoisotopic (exact) mass is 154 g/mol. The Morgan fingerprint density at radius 3 is 3.00 bits per heavy atom. The van der Waals surface area contributed by atoms with Gasteiger partial charge in [-0.05, 0) is 0 Å². The van der Waals surface area contributed by atoms with E-state index in [1.807, 2.05) is 10.8 Å². The average molecular weight is 154 g/mol. The van der Waals surface area contributed by atoms with Crippen LogP contribution in [0.3, 0.4) is 0 Å². The van der Waals surface area contributed by atoms with E-state index in [9.17, 15) is 5.11 Å². The van der Waals surface area contributed by atoms with Gasteiger partial charge in [0, 0.05) is 12.4 Å². The van der Waals surface area contributed by atoms with Gasteiger partial charge < -0.3 is 14.4 Å². The van der Waals surface area contributed by atoms with Crippen molar-refractivity contribution >= 4 is 0 Å². The summed E-state index contributed by atoms with van der Waals surface area (Å²) in [5, 5.41) is 9.39. The highest BCUT2D eigenvalue weighted by Crippen LogP contribution is 2.18. The number of hydrogen-bond donors (Lipinski definition) is 1. The molecule has 0 unspecified atom stereocenters. The zero-order valence-corrected chi connectivity index (χ0v) is 6.05. The fourth-order valence-corrected chi connectivity index (χ4v) is 1.28. The SMILES string of the molecule is O[C@@H]1COC[C@H]1n1ccnc1. The van der Waals surface area contributed by atoms with Crippen molar-refractivity contribution < 1.29 is 9.84 Å². The molecule has 11 heavy (non-hydrogen) atoms. The molecule has 0 spiro atoms. The van der Waals surface area contributed by atoms with Crippen LogP contribution in [0.1, 0.15) is 6.04 Å². The Labute approximate surface area is 64.4 Å². The summed E-state index contributed by atoms with van der Waals surface area (Å²) in [7, 11) is 0. The summed E-state index contributed by atoms with van der Waals surface area (Å²) >= 11 is 0. The van der Waals surface area contributed by atoms with E-state index < -0.39 is 0 Å². The lowest BCUT2D eigenvalue weighted by atomic mass is 10.2. The minimum absolute atomic E-state index is 0.0532. The lowest BCUT2D eigenvalue weighted by Gasteiger charge is -2.12. The topological polar surface area (TPSA) is 47.3 Å². The first-order valence-electron chi connectivity index (χ1n) is 3.61. The minimum atomic E-state index is -0.385. The standard InChI is InChI=1S/C7H10N2O2/c10-7-4-11-3-6(7)9-2-1-8-5-9/h1-2,5-7,10H,3-4H2/t6-,7-/m1/s1. The lowest BCUT2D eigenvalue weighted by molar-refractivity contribution is 0.119. The van der Waals surface area contributed by atoms with E-state index >= 15 is 0 Å². The molecule has 0 radical (unpaired) electrons. The fourth-order valence-electron chi connectivity index (χ4n) is 1.28. The first-order chi connectivity index (χ1) is 5.38. The highest BCUT2D eigenvalue weighted by Gasteiger charge is 2.26. The molecule has 1 aliphatic rings. The summed E-state index contributed by atoms with van der Waals surface area (Å²) in [4.78, 5) is 3.90. The average Bonchev–Trinajstić information content (AvgIpc) is 2.55. The molecule has 1 aromatic rings. The Balaban J connectivity index is 2.16. The lowest BCUT2D eigenvalue weighted by Crippen LogP contribution is -2.20. The van der Waals surface area contributed by atoms with Gasteiger partial charge in [-0.3, -0.25) is 0 Å². The summed E-state index contributed by atoms with van der Waals surface area (Å²) in [6, 6.07) is 0.0532. The number of rotatable bonds is 1. The molecule has 0 aliphatic carbocycles. The third kappa shape index (κ3) is 1.15. The van der Waals surface area contributed by atoms with Gasteiger partial charge in [0.05, 0.1) is 25.6 Å². The third-order valence-corrected chi connectivity index (χ3v) is 1.93. The van der Waals surface area contributed by atoms with Gasteiger partial charge >= 0.3 is 0 Å². The second-order valence-electron chi connectivity index (χ2n) is 2.68. The molecule has 2 rings (SSSR count). The maximum atomic E-state index is 9.39. The minimum Gasteiger partial charge on any atom is -0.388 e. The zero-order chi connectivity index (χ0) is 7.68. The largest absolute Gasteiger partial charge is 0.388 e. The molecular formula is C7H10N2O2. The number of imidazole rings is 1. The van der Waals surface area contributed by atoms with Crippen LogP contribution in [0.5, 0.6) is 0 Å². The second kappa shape index (κ2) is 2.64. The molecule has 0 aromatic carbocycles. The number of ether oxygens (including phenoxy) is 1. The summed E-state index contributed by atoms with van der Waals surface area (Å²) in [5.41, 5.74) is 0. The molecule has 0 amide bonds. The summed E-state index contributed by atoms with van der Waals surface area (Å²) in [6.45, 7) is 1.01. The molecule has 4 nitrogen and oxygen atoms in total. The van der Waals surface area contributed by atoms with Gasteiger partial charge in [-0.15, -0.1) is 0 Å². The number of aliphatic hydroxyl groups excluding tert-OH is 1. The zero-order valence-electron chi connectivity index (χ0n) is 6.05. The van der Waals surface area contributed by atoms with E-state index in [2.05, 4.69) is 4.98 Å². The van der Waals surface area contributed by atoms with E-state index in [0.29, 0.717) is 13.2 Å². The Morgan fingerprint density at radius 1 is 1.55 bits per heavy atom. The molecule has 1 saturated heterocycles. The Bertz CT molecular complexity index is 222. The highest BCUT2D eigenvalue weighted by atomic mass is 16.5. The number of hydrogen-bond acceptors (Lipinski definition) is 3. The van der Waals surface area contributed by atoms with Gasteiger partial charge in [-0.25, -0.2) is 4.98 Å². The Kier molecular flexibility index (Phi) is 1.63. The molecule has 1 aliphatic heterocycles. The first-order valence-corrected chi connectivity index (χ1v) is 3.61. The van der Waals surface area contributed by atoms with Crippen LogP contribution in [0.15, 0.2) is 18.7 Å². The van der Waals surface area contributed by atoms with Gasteiger partial charge in [0.1, 0.15) is 6.10 Å². The summed E-state index contributed by atoms with van der Waals surface area (Å²) in [6.07, 6.45) is 4.85. The molecule has 60 valence electrons. The van der Waals surface area contributed by atoms with Crippen molar-refractivity contribution in [2.45, 2.75) is 12.1 Å². The molecule has 1 N–H and O–H groups in total. The molecule has 4 heteroatoms. The molecular weight excluding hydrogens is 144 g/mol. The van der Waals surface area contributed by atoms with Crippen LogP contribution in [0.25, 0.3) is 0 Å². The summed E-state index contributed by atoms with van der Waals surface area (Å²) in [5.74, 6) is 0. The van der Waals surface area contributed by atoms with Crippen LogP contribution < -0.4 is 0 Å². The number of nitrogens with zero attached hydrogens (tertiary/aromatic N) is 2. The Morgan fingerprint density at radius 2 is 2.45 bits per heavy atom. The predicted molar refractivity (Wildman–Crippen MR) is 38.1 cm³/mol. The predicted octanol–water partition coefficient (Wildman–Crippen LogP) is -0.185. The van der Waals surface area contributed by atoms with Crippen molar-refractivity contribution in [2.75, 3.05) is 13.2 Å². The molecule has 0 saturated carbocycles. The van der Waals surface area contributed by atoms with Gasteiger partial charge in [0.25, 0.3) is 0 Å². The third-order valence-electron chi connectivity index (χ3n) is 1.93. The highest BCUT2D eigenvalue weighted by molar-refractivity contribution is 4.86. The van der Waals surface area contributed by atoms with Crippen molar-refractivity contribution in [3.8, 4) is 0 Å². The van der Waals surface area contributed by atoms with E-state index in [0.717, 1.165) is 0 Å². The van der Waals surface area contributed by atoms with E-state index in [1.165, 1.54) is 0 Å². The van der Waals surface area contributed by atoms with Crippen LogP contribution in [0.4, 0.5) is 0 Å². The van der Waals surface area contributed by atoms with Crippen molar-refractivity contribution in [3.05, 3.63) is 18.7 Å². The quantitative estimate of drug-likeness (QED) is 0.610. The van der Waals surface area contributed by atoms with Crippen LogP contribution >= 0.6 is 0 Å². The van der Waals surface area contributed by atoms with Crippen molar-refractivity contribution in [2.24, 2.45) is 0 Å². The van der Waals surface area contributed by atoms with Gasteiger partial charge in [-0.2, -0.15) is 0 Å². The molecule has 0 bridgehead atoms. The first kappa shape index (κ1) is 6.82. The van der Waals surface area contributed by atoms with Gasteiger partial charge in [-0.1, -0.05) is 0 Å². The van der Waals surface area contributed by atoms with Crippen LogP contribution in [0.2, 0.25) is 0 Å². The van der Waals surface area contributed by atoms with Crippen molar-refractivity contribution in [1.29, 1.82) is 0 Å². The normalized spacial score (nSPS) is 31.0.